The number of nitrogens with zero attached hydrogens (tertiary/aromatic N) is 1. The molecular weight excluding hydrogens is 240 g/mol. The van der Waals surface area contributed by atoms with Gasteiger partial charge in [-0.3, -0.25) is 10.1 Å². The van der Waals surface area contributed by atoms with E-state index in [1.807, 2.05) is 0 Å². The van der Waals surface area contributed by atoms with Crippen molar-refractivity contribution in [2.24, 2.45) is 5.92 Å². The number of nitrogens with one attached hydrogen (secondary N) is 1. The first-order chi connectivity index (χ1) is 7.95. The molecule has 0 spiro atoms. The Morgan fingerprint density at radius 1 is 1.47 bits per heavy atom. The van der Waals surface area contributed by atoms with E-state index in [0.717, 1.165) is 12.1 Å². The standard InChI is InChI=1S/C12H17ClN2O2/c1-4-11(8(2)3)14-9-5-6-10(13)12(7-9)15(16)17/h5-8,11,14H,4H2,1-3H3. The molecule has 0 saturated carbocycles. The Labute approximate surface area is 106 Å². The van der Waals surface area contributed by atoms with E-state index >= 15 is 0 Å². The molecule has 1 rings (SSSR count). The van der Waals surface area contributed by atoms with Crippen LogP contribution in [-0.4, -0.2) is 11.0 Å². The topological polar surface area (TPSA) is 55.2 Å². The minimum absolute atomic E-state index is 0.0599. The summed E-state index contributed by atoms with van der Waals surface area (Å²) in [5.41, 5.74) is 0.678. The molecule has 0 aromatic heterocycles. The molecule has 1 aromatic rings. The van der Waals surface area contributed by atoms with E-state index < -0.39 is 4.92 Å². The van der Waals surface area contributed by atoms with Crippen molar-refractivity contribution in [1.29, 1.82) is 0 Å². The van der Waals surface area contributed by atoms with Crippen molar-refractivity contribution in [3.63, 3.8) is 0 Å². The zero-order chi connectivity index (χ0) is 13.0. The molecule has 0 aliphatic heterocycles. The van der Waals surface area contributed by atoms with Crippen molar-refractivity contribution < 1.29 is 4.92 Å². The second-order valence-electron chi connectivity index (χ2n) is 4.33. The van der Waals surface area contributed by atoms with Crippen molar-refractivity contribution in [1.82, 2.24) is 0 Å². The molecule has 1 unspecified atom stereocenters. The van der Waals surface area contributed by atoms with Crippen LogP contribution in [0, 0.1) is 16.0 Å². The fraction of sp³-hybridized carbons (Fsp3) is 0.500. The van der Waals surface area contributed by atoms with Crippen molar-refractivity contribution >= 4 is 23.0 Å². The third kappa shape index (κ3) is 3.60. The molecule has 0 fully saturated rings. The van der Waals surface area contributed by atoms with Gasteiger partial charge in [0.1, 0.15) is 5.02 Å². The summed E-state index contributed by atoms with van der Waals surface area (Å²) in [5.74, 6) is 0.467. The van der Waals surface area contributed by atoms with Crippen molar-refractivity contribution in [3.8, 4) is 0 Å². The molecule has 0 bridgehead atoms. The van der Waals surface area contributed by atoms with Gasteiger partial charge >= 0.3 is 0 Å². The maximum atomic E-state index is 10.8. The van der Waals surface area contributed by atoms with Crippen LogP contribution in [0.25, 0.3) is 0 Å². The van der Waals surface area contributed by atoms with Gasteiger partial charge in [0.25, 0.3) is 5.69 Å². The molecule has 1 N–H and O–H groups in total. The summed E-state index contributed by atoms with van der Waals surface area (Å²) in [7, 11) is 0. The third-order valence-electron chi connectivity index (χ3n) is 2.74. The maximum Gasteiger partial charge on any atom is 0.289 e. The van der Waals surface area contributed by atoms with E-state index in [9.17, 15) is 10.1 Å². The highest BCUT2D eigenvalue weighted by atomic mass is 35.5. The molecule has 0 amide bonds. The Morgan fingerprint density at radius 2 is 2.12 bits per heavy atom. The van der Waals surface area contributed by atoms with E-state index in [1.165, 1.54) is 6.07 Å². The van der Waals surface area contributed by atoms with E-state index in [1.54, 1.807) is 12.1 Å². The summed E-state index contributed by atoms with van der Waals surface area (Å²) in [4.78, 5) is 10.3. The number of hydrogen-bond acceptors (Lipinski definition) is 3. The van der Waals surface area contributed by atoms with Crippen LogP contribution >= 0.6 is 11.6 Å². The molecule has 0 heterocycles. The second-order valence-corrected chi connectivity index (χ2v) is 4.73. The number of nitro groups is 1. The molecule has 94 valence electrons. The Kier molecular flexibility index (Phi) is 4.75. The van der Waals surface area contributed by atoms with Crippen LogP contribution in [0.1, 0.15) is 27.2 Å². The molecule has 0 aliphatic rings. The average Bonchev–Trinajstić information content (AvgIpc) is 2.27. The Hall–Kier alpha value is -1.29. The fourth-order valence-corrected chi connectivity index (χ4v) is 1.88. The van der Waals surface area contributed by atoms with Crippen LogP contribution in [0.4, 0.5) is 11.4 Å². The predicted octanol–water partition coefficient (Wildman–Crippen LogP) is 4.09. The molecule has 17 heavy (non-hydrogen) atoms. The fourth-order valence-electron chi connectivity index (χ4n) is 1.70. The summed E-state index contributed by atoms with van der Waals surface area (Å²) < 4.78 is 0. The Morgan fingerprint density at radius 3 is 2.59 bits per heavy atom. The van der Waals surface area contributed by atoms with E-state index in [2.05, 4.69) is 26.1 Å². The minimum atomic E-state index is -0.468. The van der Waals surface area contributed by atoms with Crippen LogP contribution in [0.2, 0.25) is 5.02 Å². The largest absolute Gasteiger partial charge is 0.382 e. The van der Waals surface area contributed by atoms with Crippen LogP contribution in [0.5, 0.6) is 0 Å². The van der Waals surface area contributed by atoms with Gasteiger partial charge in [-0.2, -0.15) is 0 Å². The molecular formula is C12H17ClN2O2. The predicted molar refractivity (Wildman–Crippen MR) is 70.6 cm³/mol. The molecule has 0 radical (unpaired) electrons. The molecule has 1 aromatic carbocycles. The second kappa shape index (κ2) is 5.87. The van der Waals surface area contributed by atoms with Crippen molar-refractivity contribution in [2.75, 3.05) is 5.32 Å². The molecule has 1 atom stereocenters. The Bertz CT molecular complexity index is 407. The lowest BCUT2D eigenvalue weighted by Gasteiger charge is -2.21. The highest BCUT2D eigenvalue weighted by Gasteiger charge is 2.15. The quantitative estimate of drug-likeness (QED) is 0.638. The zero-order valence-corrected chi connectivity index (χ0v) is 11.0. The lowest BCUT2D eigenvalue weighted by atomic mass is 10.0. The smallest absolute Gasteiger partial charge is 0.289 e. The normalized spacial score (nSPS) is 12.5. The first-order valence-electron chi connectivity index (χ1n) is 5.66. The third-order valence-corrected chi connectivity index (χ3v) is 3.06. The number of benzene rings is 1. The van der Waals surface area contributed by atoms with E-state index in [-0.39, 0.29) is 10.7 Å². The van der Waals surface area contributed by atoms with E-state index in [4.69, 9.17) is 11.6 Å². The number of anilines is 1. The van der Waals surface area contributed by atoms with Gasteiger partial charge in [-0.15, -0.1) is 0 Å². The van der Waals surface area contributed by atoms with Crippen molar-refractivity contribution in [3.05, 3.63) is 33.3 Å². The SMILES string of the molecule is CCC(Nc1ccc(Cl)c([N+](=O)[O-])c1)C(C)C. The van der Waals surface area contributed by atoms with Crippen LogP contribution in [-0.2, 0) is 0 Å². The van der Waals surface area contributed by atoms with Gasteiger partial charge in [0.15, 0.2) is 0 Å². The highest BCUT2D eigenvalue weighted by molar-refractivity contribution is 6.32. The Balaban J connectivity index is 2.92. The summed E-state index contributed by atoms with van der Waals surface area (Å²) >= 11 is 5.75. The lowest BCUT2D eigenvalue weighted by Crippen LogP contribution is -2.24. The van der Waals surface area contributed by atoms with Gasteiger partial charge in [-0.1, -0.05) is 32.4 Å². The monoisotopic (exact) mass is 256 g/mol. The molecule has 0 saturated heterocycles. The van der Waals surface area contributed by atoms with Gasteiger partial charge < -0.3 is 5.32 Å². The van der Waals surface area contributed by atoms with Gasteiger partial charge in [0, 0.05) is 17.8 Å². The van der Waals surface area contributed by atoms with E-state index in [0.29, 0.717) is 12.0 Å². The summed E-state index contributed by atoms with van der Waals surface area (Å²) in [6, 6.07) is 5.10. The van der Waals surface area contributed by atoms with Crippen LogP contribution in [0.3, 0.4) is 0 Å². The number of hydrogen-bond donors (Lipinski definition) is 1. The van der Waals surface area contributed by atoms with Gasteiger partial charge in [0.05, 0.1) is 4.92 Å². The number of halogens is 1. The first kappa shape index (κ1) is 13.8. The lowest BCUT2D eigenvalue weighted by molar-refractivity contribution is -0.384. The zero-order valence-electron chi connectivity index (χ0n) is 10.2. The van der Waals surface area contributed by atoms with Gasteiger partial charge in [-0.25, -0.2) is 0 Å². The van der Waals surface area contributed by atoms with Crippen LogP contribution < -0.4 is 5.32 Å². The summed E-state index contributed by atoms with van der Waals surface area (Å²) in [6.07, 6.45) is 0.966. The van der Waals surface area contributed by atoms with Gasteiger partial charge in [0.2, 0.25) is 0 Å². The van der Waals surface area contributed by atoms with Gasteiger partial charge in [-0.05, 0) is 24.5 Å². The number of rotatable bonds is 5. The summed E-state index contributed by atoms with van der Waals surface area (Å²) in [5, 5.41) is 14.2. The molecule has 4 nitrogen and oxygen atoms in total. The maximum absolute atomic E-state index is 10.8. The number of nitro benzene ring substituents is 1. The molecule has 5 heteroatoms. The summed E-state index contributed by atoms with van der Waals surface area (Å²) in [6.45, 7) is 6.32. The minimum Gasteiger partial charge on any atom is -0.382 e. The molecule has 0 aliphatic carbocycles. The van der Waals surface area contributed by atoms with Crippen LogP contribution in [0.15, 0.2) is 18.2 Å². The average molecular weight is 257 g/mol. The van der Waals surface area contributed by atoms with Crippen molar-refractivity contribution in [2.45, 2.75) is 33.2 Å². The highest BCUT2D eigenvalue weighted by Crippen LogP contribution is 2.28. The first-order valence-corrected chi connectivity index (χ1v) is 6.04.